The fraction of sp³-hybridized carbons (Fsp3) is 0.906. The first-order valence-electron chi connectivity index (χ1n) is 16.2. The van der Waals surface area contributed by atoms with Gasteiger partial charge in [-0.2, -0.15) is 0 Å². The molecule has 1 atom stereocenters. The predicted octanol–water partition coefficient (Wildman–Crippen LogP) is 8.89. The summed E-state index contributed by atoms with van der Waals surface area (Å²) in [5, 5.41) is 11.0. The lowest BCUT2D eigenvalue weighted by molar-refractivity contribution is -0.150. The molecule has 0 heterocycles. The maximum atomic E-state index is 12.3. The molecular formula is C32H61NO5. The first-order valence-corrected chi connectivity index (χ1v) is 16.2. The minimum atomic E-state index is -1.03. The Kier molecular flexibility index (Phi) is 27.2. The SMILES string of the molecule is CCCCCCCCCCCCCCCCCCCC(=O)OC(CCC)CCCCCC(=O)NCC(=O)O. The average molecular weight is 540 g/mol. The highest BCUT2D eigenvalue weighted by Crippen LogP contribution is 2.16. The molecule has 0 aromatic rings. The topological polar surface area (TPSA) is 92.7 Å². The van der Waals surface area contributed by atoms with E-state index >= 15 is 0 Å². The summed E-state index contributed by atoms with van der Waals surface area (Å²) in [6, 6.07) is 0. The van der Waals surface area contributed by atoms with Gasteiger partial charge in [0.05, 0.1) is 0 Å². The van der Waals surface area contributed by atoms with Crippen molar-refractivity contribution in [3.05, 3.63) is 0 Å². The fourth-order valence-electron chi connectivity index (χ4n) is 4.92. The van der Waals surface area contributed by atoms with Crippen LogP contribution in [0, 0.1) is 0 Å². The van der Waals surface area contributed by atoms with E-state index in [1.165, 1.54) is 96.3 Å². The molecule has 6 nitrogen and oxygen atoms in total. The first-order chi connectivity index (χ1) is 18.5. The van der Waals surface area contributed by atoms with Crippen LogP contribution in [-0.2, 0) is 19.1 Å². The van der Waals surface area contributed by atoms with Gasteiger partial charge in [-0.25, -0.2) is 0 Å². The Labute approximate surface area is 234 Å². The molecular weight excluding hydrogens is 478 g/mol. The summed E-state index contributed by atoms with van der Waals surface area (Å²) < 4.78 is 5.73. The van der Waals surface area contributed by atoms with E-state index in [2.05, 4.69) is 19.2 Å². The molecule has 0 aromatic heterocycles. The van der Waals surface area contributed by atoms with Crippen LogP contribution in [0.4, 0.5) is 0 Å². The number of rotatable bonds is 29. The van der Waals surface area contributed by atoms with E-state index in [0.29, 0.717) is 12.8 Å². The van der Waals surface area contributed by atoms with Crippen LogP contribution >= 0.6 is 0 Å². The Morgan fingerprint density at radius 2 is 1.03 bits per heavy atom. The van der Waals surface area contributed by atoms with Gasteiger partial charge in [0.15, 0.2) is 0 Å². The van der Waals surface area contributed by atoms with E-state index in [1.54, 1.807) is 0 Å². The second kappa shape index (κ2) is 28.4. The van der Waals surface area contributed by atoms with E-state index in [-0.39, 0.29) is 24.5 Å². The molecule has 6 heteroatoms. The Bertz CT molecular complexity index is 566. The van der Waals surface area contributed by atoms with Gasteiger partial charge in [-0.1, -0.05) is 129 Å². The van der Waals surface area contributed by atoms with Crippen molar-refractivity contribution in [2.24, 2.45) is 0 Å². The number of aliphatic carboxylic acids is 1. The molecule has 0 spiro atoms. The Morgan fingerprint density at radius 1 is 0.579 bits per heavy atom. The van der Waals surface area contributed by atoms with Gasteiger partial charge >= 0.3 is 11.9 Å². The number of carboxylic acid groups (broad SMARTS) is 1. The Morgan fingerprint density at radius 3 is 1.50 bits per heavy atom. The van der Waals surface area contributed by atoms with Gasteiger partial charge in [-0.05, 0) is 32.1 Å². The third kappa shape index (κ3) is 27.4. The number of ether oxygens (including phenoxy) is 1. The molecule has 0 aromatic carbocycles. The summed E-state index contributed by atoms with van der Waals surface area (Å²) >= 11 is 0. The Hall–Kier alpha value is -1.59. The lowest BCUT2D eigenvalue weighted by Gasteiger charge is -2.17. The fourth-order valence-corrected chi connectivity index (χ4v) is 4.92. The molecule has 0 rings (SSSR count). The van der Waals surface area contributed by atoms with Gasteiger partial charge in [-0.15, -0.1) is 0 Å². The molecule has 0 aliphatic heterocycles. The zero-order valence-corrected chi connectivity index (χ0v) is 25.0. The molecule has 224 valence electrons. The Balaban J connectivity index is 3.56. The molecule has 0 fully saturated rings. The van der Waals surface area contributed by atoms with Gasteiger partial charge in [0.2, 0.25) is 5.91 Å². The number of hydrogen-bond donors (Lipinski definition) is 2. The van der Waals surface area contributed by atoms with Crippen LogP contribution in [0.25, 0.3) is 0 Å². The van der Waals surface area contributed by atoms with Crippen LogP contribution in [0.5, 0.6) is 0 Å². The van der Waals surface area contributed by atoms with E-state index < -0.39 is 5.97 Å². The van der Waals surface area contributed by atoms with Crippen molar-refractivity contribution in [1.29, 1.82) is 0 Å². The van der Waals surface area contributed by atoms with Gasteiger partial charge < -0.3 is 15.2 Å². The molecule has 0 saturated carbocycles. The molecule has 0 bridgehead atoms. The maximum absolute atomic E-state index is 12.3. The first kappa shape index (κ1) is 36.4. The normalized spacial score (nSPS) is 11.8. The number of carboxylic acids is 1. The van der Waals surface area contributed by atoms with Crippen LogP contribution < -0.4 is 5.32 Å². The van der Waals surface area contributed by atoms with Crippen LogP contribution in [0.3, 0.4) is 0 Å². The number of amides is 1. The van der Waals surface area contributed by atoms with Gasteiger partial charge in [0, 0.05) is 12.8 Å². The van der Waals surface area contributed by atoms with Crippen LogP contribution in [-0.4, -0.2) is 35.6 Å². The zero-order chi connectivity index (χ0) is 28.1. The van der Waals surface area contributed by atoms with Crippen LogP contribution in [0.2, 0.25) is 0 Å². The summed E-state index contributed by atoms with van der Waals surface area (Å²) in [7, 11) is 0. The number of carbonyl (C=O) groups is 3. The number of nitrogens with one attached hydrogen (secondary N) is 1. The van der Waals surface area contributed by atoms with Gasteiger partial charge in [0.25, 0.3) is 0 Å². The lowest BCUT2D eigenvalue weighted by Crippen LogP contribution is -2.28. The second-order valence-electron chi connectivity index (χ2n) is 11.1. The molecule has 0 radical (unpaired) electrons. The molecule has 2 N–H and O–H groups in total. The standard InChI is InChI=1S/C32H61NO5/c1-3-5-6-7-8-9-10-11-12-13-14-15-16-17-18-19-23-27-32(37)38-29(24-4-2)25-21-20-22-26-30(34)33-28-31(35)36/h29H,3-28H2,1-2H3,(H,33,34)(H,35,36). The summed E-state index contributed by atoms with van der Waals surface area (Å²) in [6.45, 7) is 4.05. The average Bonchev–Trinajstić information content (AvgIpc) is 2.89. The highest BCUT2D eigenvalue weighted by atomic mass is 16.5. The van der Waals surface area contributed by atoms with Gasteiger partial charge in [0.1, 0.15) is 12.6 Å². The van der Waals surface area contributed by atoms with E-state index in [9.17, 15) is 14.4 Å². The predicted molar refractivity (Wildman–Crippen MR) is 157 cm³/mol. The van der Waals surface area contributed by atoms with Crippen molar-refractivity contribution in [1.82, 2.24) is 5.32 Å². The van der Waals surface area contributed by atoms with Crippen molar-refractivity contribution in [3.8, 4) is 0 Å². The third-order valence-corrected chi connectivity index (χ3v) is 7.26. The summed E-state index contributed by atoms with van der Waals surface area (Å²) in [4.78, 5) is 34.3. The van der Waals surface area contributed by atoms with Crippen LogP contribution in [0.15, 0.2) is 0 Å². The molecule has 0 aliphatic carbocycles. The van der Waals surface area contributed by atoms with Crippen molar-refractivity contribution < 1.29 is 24.2 Å². The highest BCUT2D eigenvalue weighted by molar-refractivity contribution is 5.80. The number of carbonyl (C=O) groups excluding carboxylic acids is 2. The number of unbranched alkanes of at least 4 members (excludes halogenated alkanes) is 18. The molecule has 0 aliphatic rings. The lowest BCUT2D eigenvalue weighted by atomic mass is 10.0. The molecule has 38 heavy (non-hydrogen) atoms. The summed E-state index contributed by atoms with van der Waals surface area (Å²) in [5.74, 6) is -1.33. The molecule has 0 saturated heterocycles. The second-order valence-corrected chi connectivity index (χ2v) is 11.1. The monoisotopic (exact) mass is 539 g/mol. The number of esters is 1. The summed E-state index contributed by atoms with van der Waals surface area (Å²) in [6.07, 6.45) is 28.7. The maximum Gasteiger partial charge on any atom is 0.322 e. The highest BCUT2D eigenvalue weighted by Gasteiger charge is 2.13. The van der Waals surface area contributed by atoms with Crippen molar-refractivity contribution in [2.45, 2.75) is 180 Å². The van der Waals surface area contributed by atoms with Crippen LogP contribution in [0.1, 0.15) is 174 Å². The van der Waals surface area contributed by atoms with Crippen molar-refractivity contribution in [2.75, 3.05) is 6.54 Å². The van der Waals surface area contributed by atoms with Crippen molar-refractivity contribution in [3.63, 3.8) is 0 Å². The zero-order valence-electron chi connectivity index (χ0n) is 25.0. The van der Waals surface area contributed by atoms with E-state index in [4.69, 9.17) is 9.84 Å². The van der Waals surface area contributed by atoms with E-state index in [1.807, 2.05) is 0 Å². The van der Waals surface area contributed by atoms with Crippen molar-refractivity contribution >= 4 is 17.8 Å². The largest absolute Gasteiger partial charge is 0.480 e. The minimum absolute atomic E-state index is 0.0286. The summed E-state index contributed by atoms with van der Waals surface area (Å²) in [5.41, 5.74) is 0. The smallest absolute Gasteiger partial charge is 0.322 e. The molecule has 1 unspecified atom stereocenters. The molecule has 1 amide bonds. The third-order valence-electron chi connectivity index (χ3n) is 7.26. The van der Waals surface area contributed by atoms with Gasteiger partial charge in [-0.3, -0.25) is 14.4 Å². The van der Waals surface area contributed by atoms with E-state index in [0.717, 1.165) is 51.4 Å². The minimum Gasteiger partial charge on any atom is -0.480 e. The quantitative estimate of drug-likeness (QED) is 0.0731. The number of hydrogen-bond acceptors (Lipinski definition) is 4.